The maximum atomic E-state index is 12.8. The van der Waals surface area contributed by atoms with Gasteiger partial charge in [-0.25, -0.2) is 13.1 Å². The van der Waals surface area contributed by atoms with Crippen molar-refractivity contribution in [3.8, 4) is 11.5 Å². The molecule has 0 spiro atoms. The Morgan fingerprint density at radius 2 is 1.58 bits per heavy atom. The van der Waals surface area contributed by atoms with E-state index in [1.807, 2.05) is 31.2 Å². The van der Waals surface area contributed by atoms with Crippen LogP contribution < -0.4 is 14.2 Å². The number of benzene rings is 2. The van der Waals surface area contributed by atoms with Gasteiger partial charge in [0.1, 0.15) is 11.5 Å². The van der Waals surface area contributed by atoms with Gasteiger partial charge in [-0.3, -0.25) is 0 Å². The summed E-state index contributed by atoms with van der Waals surface area (Å²) in [5.41, 5.74) is 2.19. The fourth-order valence-electron chi connectivity index (χ4n) is 2.66. The van der Waals surface area contributed by atoms with Crippen LogP contribution in [0.15, 0.2) is 41.3 Å². The lowest BCUT2D eigenvalue weighted by atomic mass is 10.1. The Morgan fingerprint density at radius 1 is 0.958 bits per heavy atom. The van der Waals surface area contributed by atoms with Gasteiger partial charge in [0, 0.05) is 11.6 Å². The molecule has 2 aromatic carbocycles. The highest BCUT2D eigenvalue weighted by atomic mass is 32.2. The molecule has 1 N–H and O–H groups in total. The van der Waals surface area contributed by atoms with Gasteiger partial charge in [0.15, 0.2) is 0 Å². The maximum absolute atomic E-state index is 12.8. The minimum absolute atomic E-state index is 0.252. The summed E-state index contributed by atoms with van der Waals surface area (Å²) in [6, 6.07) is 10.3. The zero-order valence-corrected chi connectivity index (χ0v) is 15.4. The number of hydrogen-bond donors (Lipinski definition) is 1. The number of aryl methyl sites for hydroxylation is 2. The number of para-hydroxylation sites is 1. The van der Waals surface area contributed by atoms with Crippen molar-refractivity contribution in [2.75, 3.05) is 14.2 Å². The molecule has 0 aliphatic carbocycles. The molecule has 0 fully saturated rings. The van der Waals surface area contributed by atoms with E-state index in [9.17, 15) is 8.42 Å². The Kier molecular flexibility index (Phi) is 5.51. The van der Waals surface area contributed by atoms with Crippen LogP contribution in [0.25, 0.3) is 0 Å². The Bertz CT molecular complexity index is 831. The highest BCUT2D eigenvalue weighted by Crippen LogP contribution is 2.29. The molecular weight excluding hydrogens is 326 g/mol. The van der Waals surface area contributed by atoms with Gasteiger partial charge in [0.2, 0.25) is 10.0 Å². The lowest BCUT2D eigenvalue weighted by molar-refractivity contribution is 0.405. The third kappa shape index (κ3) is 3.71. The minimum Gasteiger partial charge on any atom is -0.496 e. The van der Waals surface area contributed by atoms with Gasteiger partial charge in [0.05, 0.1) is 19.1 Å². The van der Waals surface area contributed by atoms with Crippen molar-refractivity contribution >= 4 is 10.0 Å². The number of rotatable bonds is 6. The summed E-state index contributed by atoms with van der Waals surface area (Å²) in [4.78, 5) is 0.252. The summed E-state index contributed by atoms with van der Waals surface area (Å²) in [7, 11) is -0.538. The van der Waals surface area contributed by atoms with Gasteiger partial charge < -0.3 is 9.47 Å². The highest BCUT2D eigenvalue weighted by molar-refractivity contribution is 7.89. The molecule has 2 aromatic rings. The topological polar surface area (TPSA) is 64.6 Å². The molecule has 0 heterocycles. The van der Waals surface area contributed by atoms with E-state index in [0.29, 0.717) is 17.1 Å². The number of hydrogen-bond acceptors (Lipinski definition) is 4. The number of sulfonamides is 1. The first kappa shape index (κ1) is 18.3. The molecule has 0 aliphatic heterocycles. The second-order valence-electron chi connectivity index (χ2n) is 5.67. The molecule has 0 saturated carbocycles. The normalized spacial score (nSPS) is 12.7. The predicted molar refractivity (Wildman–Crippen MR) is 94.2 cm³/mol. The van der Waals surface area contributed by atoms with Crippen LogP contribution in [0.5, 0.6) is 11.5 Å². The summed E-state index contributed by atoms with van der Waals surface area (Å²) in [5.74, 6) is 1.32. The van der Waals surface area contributed by atoms with Crippen molar-refractivity contribution < 1.29 is 17.9 Å². The van der Waals surface area contributed by atoms with Gasteiger partial charge in [-0.15, -0.1) is 0 Å². The molecule has 0 radical (unpaired) electrons. The Labute approximate surface area is 143 Å². The van der Waals surface area contributed by atoms with Crippen molar-refractivity contribution in [2.45, 2.75) is 31.7 Å². The lowest BCUT2D eigenvalue weighted by Gasteiger charge is -2.19. The first-order valence-electron chi connectivity index (χ1n) is 7.60. The fourth-order valence-corrected chi connectivity index (χ4v) is 4.19. The molecule has 0 unspecified atom stereocenters. The van der Waals surface area contributed by atoms with E-state index in [-0.39, 0.29) is 4.90 Å². The monoisotopic (exact) mass is 349 g/mol. The van der Waals surface area contributed by atoms with Crippen LogP contribution in [0.1, 0.15) is 29.7 Å². The van der Waals surface area contributed by atoms with Crippen LogP contribution in [0.3, 0.4) is 0 Å². The van der Waals surface area contributed by atoms with Crippen LogP contribution in [0.4, 0.5) is 0 Å². The van der Waals surface area contributed by atoms with E-state index in [2.05, 4.69) is 4.72 Å². The molecule has 130 valence electrons. The van der Waals surface area contributed by atoms with Gasteiger partial charge in [0.25, 0.3) is 0 Å². The van der Waals surface area contributed by atoms with Gasteiger partial charge in [-0.1, -0.05) is 18.2 Å². The number of nitrogens with one attached hydrogen (secondary N) is 1. The van der Waals surface area contributed by atoms with E-state index < -0.39 is 16.1 Å². The van der Waals surface area contributed by atoms with Crippen molar-refractivity contribution in [1.82, 2.24) is 4.72 Å². The van der Waals surface area contributed by atoms with Crippen LogP contribution in [0, 0.1) is 13.8 Å². The van der Waals surface area contributed by atoms with Crippen LogP contribution in [-0.4, -0.2) is 22.6 Å². The van der Waals surface area contributed by atoms with E-state index in [0.717, 1.165) is 11.1 Å². The van der Waals surface area contributed by atoms with Crippen LogP contribution >= 0.6 is 0 Å². The SMILES string of the molecule is COc1cc(C)c(S(=O)(=O)N[C@H](C)c2ccccc2OC)cc1C. The standard InChI is InChI=1S/C18H23NO4S/c1-12-11-18(13(2)10-17(12)23-5)24(20,21)19-14(3)15-8-6-7-9-16(15)22-4/h6-11,14,19H,1-5H3/t14-/m1/s1. The largest absolute Gasteiger partial charge is 0.496 e. The van der Waals surface area contributed by atoms with E-state index in [1.54, 1.807) is 40.2 Å². The summed E-state index contributed by atoms with van der Waals surface area (Å²) in [6.07, 6.45) is 0. The molecule has 0 aromatic heterocycles. The Balaban J connectivity index is 2.36. The lowest BCUT2D eigenvalue weighted by Crippen LogP contribution is -2.27. The molecule has 6 heteroatoms. The van der Waals surface area contributed by atoms with E-state index in [1.165, 1.54) is 0 Å². The zero-order chi connectivity index (χ0) is 17.9. The quantitative estimate of drug-likeness (QED) is 0.868. The molecule has 5 nitrogen and oxygen atoms in total. The van der Waals surface area contributed by atoms with E-state index in [4.69, 9.17) is 9.47 Å². The molecule has 0 bridgehead atoms. The third-order valence-electron chi connectivity index (χ3n) is 3.92. The van der Waals surface area contributed by atoms with Crippen molar-refractivity contribution in [3.63, 3.8) is 0 Å². The molecule has 1 atom stereocenters. The van der Waals surface area contributed by atoms with Crippen LogP contribution in [-0.2, 0) is 10.0 Å². The second kappa shape index (κ2) is 7.23. The summed E-state index contributed by atoms with van der Waals surface area (Å²) < 4.78 is 38.9. The molecule has 0 saturated heterocycles. The molecular formula is C18H23NO4S. The average molecular weight is 349 g/mol. The maximum Gasteiger partial charge on any atom is 0.241 e. The summed E-state index contributed by atoms with van der Waals surface area (Å²) in [5, 5.41) is 0. The van der Waals surface area contributed by atoms with Crippen molar-refractivity contribution in [2.24, 2.45) is 0 Å². The minimum atomic E-state index is -3.67. The average Bonchev–Trinajstić information content (AvgIpc) is 2.55. The first-order chi connectivity index (χ1) is 11.3. The molecule has 2 rings (SSSR count). The first-order valence-corrected chi connectivity index (χ1v) is 9.09. The predicted octanol–water partition coefficient (Wildman–Crippen LogP) is 3.36. The number of ether oxygens (including phenoxy) is 2. The van der Waals surface area contributed by atoms with Gasteiger partial charge in [-0.2, -0.15) is 0 Å². The zero-order valence-electron chi connectivity index (χ0n) is 14.6. The molecule has 24 heavy (non-hydrogen) atoms. The van der Waals surface area contributed by atoms with Gasteiger partial charge in [-0.05, 0) is 50.1 Å². The van der Waals surface area contributed by atoms with Crippen LogP contribution in [0.2, 0.25) is 0 Å². The molecule has 0 aliphatic rings. The second-order valence-corrected chi connectivity index (χ2v) is 7.35. The van der Waals surface area contributed by atoms with Crippen molar-refractivity contribution in [1.29, 1.82) is 0 Å². The smallest absolute Gasteiger partial charge is 0.241 e. The van der Waals surface area contributed by atoms with E-state index >= 15 is 0 Å². The Hall–Kier alpha value is -2.05. The molecule has 0 amide bonds. The third-order valence-corrected chi connectivity index (χ3v) is 5.60. The fraction of sp³-hybridized carbons (Fsp3) is 0.333. The van der Waals surface area contributed by atoms with Crippen molar-refractivity contribution in [3.05, 3.63) is 53.1 Å². The number of methoxy groups -OCH3 is 2. The highest BCUT2D eigenvalue weighted by Gasteiger charge is 2.23. The Morgan fingerprint density at radius 3 is 2.21 bits per heavy atom. The summed E-state index contributed by atoms with van der Waals surface area (Å²) in [6.45, 7) is 5.37. The van der Waals surface area contributed by atoms with Gasteiger partial charge >= 0.3 is 0 Å². The summed E-state index contributed by atoms with van der Waals surface area (Å²) >= 11 is 0.